The first kappa shape index (κ1) is 15.7. The van der Waals surface area contributed by atoms with Crippen LogP contribution in [0.3, 0.4) is 0 Å². The molecule has 0 aromatic carbocycles. The zero-order chi connectivity index (χ0) is 14.4. The van der Waals surface area contributed by atoms with Gasteiger partial charge in [0.15, 0.2) is 0 Å². The number of hydrogen-bond donors (Lipinski definition) is 3. The average Bonchev–Trinajstić information content (AvgIpc) is 2.78. The van der Waals surface area contributed by atoms with E-state index in [0.717, 1.165) is 32.2 Å². The minimum Gasteiger partial charge on any atom is -0.388 e. The predicted octanol–water partition coefficient (Wildman–Crippen LogP) is 0.812. The molecule has 2 atom stereocenters. The summed E-state index contributed by atoms with van der Waals surface area (Å²) < 4.78 is 5.39. The number of nitrogens with one attached hydrogen (secondary N) is 2. The van der Waals surface area contributed by atoms with Crippen LogP contribution in [0.25, 0.3) is 0 Å². The normalized spacial score (nSPS) is 29.9. The van der Waals surface area contributed by atoms with E-state index >= 15 is 0 Å². The molecule has 2 fully saturated rings. The van der Waals surface area contributed by atoms with E-state index in [2.05, 4.69) is 10.6 Å². The monoisotopic (exact) mass is 284 g/mol. The van der Waals surface area contributed by atoms with Gasteiger partial charge in [-0.3, -0.25) is 4.79 Å². The van der Waals surface area contributed by atoms with E-state index in [9.17, 15) is 9.90 Å². The number of hydrogen-bond acceptors (Lipinski definition) is 4. The summed E-state index contributed by atoms with van der Waals surface area (Å²) in [5, 5.41) is 16.8. The number of likely N-dealkylation sites (N-methyl/N-ethyl adjacent to an activating group) is 1. The fraction of sp³-hybridized carbons (Fsp3) is 0.933. The number of aliphatic hydroxyl groups is 1. The lowest BCUT2D eigenvalue weighted by Crippen LogP contribution is -2.48. The maximum Gasteiger partial charge on any atom is 0.227 e. The van der Waals surface area contributed by atoms with Gasteiger partial charge < -0.3 is 20.5 Å². The average molecular weight is 284 g/mol. The van der Waals surface area contributed by atoms with E-state index < -0.39 is 5.60 Å². The molecule has 1 saturated heterocycles. The van der Waals surface area contributed by atoms with Crippen LogP contribution in [-0.2, 0) is 9.53 Å². The van der Waals surface area contributed by atoms with Gasteiger partial charge in [0.25, 0.3) is 0 Å². The minimum atomic E-state index is -0.709. The molecule has 20 heavy (non-hydrogen) atoms. The molecule has 116 valence electrons. The quantitative estimate of drug-likeness (QED) is 0.654. The molecule has 2 aliphatic rings. The Kier molecular flexibility index (Phi) is 5.81. The van der Waals surface area contributed by atoms with Crippen molar-refractivity contribution >= 4 is 5.91 Å². The number of amides is 1. The van der Waals surface area contributed by atoms with E-state index in [1.165, 1.54) is 12.8 Å². The molecule has 2 rings (SSSR count). The Hall–Kier alpha value is -0.650. The third-order valence-corrected chi connectivity index (χ3v) is 4.51. The van der Waals surface area contributed by atoms with Crippen molar-refractivity contribution in [3.05, 3.63) is 0 Å². The second-order valence-corrected chi connectivity index (χ2v) is 6.16. The van der Waals surface area contributed by atoms with Gasteiger partial charge in [-0.25, -0.2) is 0 Å². The van der Waals surface area contributed by atoms with Crippen LogP contribution in [0, 0.1) is 5.92 Å². The second kappa shape index (κ2) is 7.38. The Bertz CT molecular complexity index is 314. The van der Waals surface area contributed by atoms with Gasteiger partial charge in [0.1, 0.15) is 0 Å². The van der Waals surface area contributed by atoms with Gasteiger partial charge in [0.05, 0.1) is 24.7 Å². The zero-order valence-corrected chi connectivity index (χ0v) is 12.5. The number of ether oxygens (including phenoxy) is 1. The summed E-state index contributed by atoms with van der Waals surface area (Å²) in [6, 6.07) is 0.101. The topological polar surface area (TPSA) is 70.6 Å². The van der Waals surface area contributed by atoms with Crippen LogP contribution in [-0.4, -0.2) is 49.0 Å². The fourth-order valence-electron chi connectivity index (χ4n) is 3.22. The fourth-order valence-corrected chi connectivity index (χ4v) is 3.22. The Morgan fingerprint density at radius 2 is 1.95 bits per heavy atom. The lowest BCUT2D eigenvalue weighted by molar-refractivity contribution is -0.126. The summed E-state index contributed by atoms with van der Waals surface area (Å²) in [4.78, 5) is 12.3. The van der Waals surface area contributed by atoms with Gasteiger partial charge >= 0.3 is 0 Å². The summed E-state index contributed by atoms with van der Waals surface area (Å²) >= 11 is 0. The lowest BCUT2D eigenvalue weighted by atomic mass is 9.94. The standard InChI is InChI=1S/C15H28N2O3/c1-2-16-13-10-20-9-12(13)14(18)17-11-15(19)7-5-3-4-6-8-15/h12-13,16,19H,2-11H2,1H3,(H,17,18). The van der Waals surface area contributed by atoms with Gasteiger partial charge in [0, 0.05) is 12.6 Å². The highest BCUT2D eigenvalue weighted by Crippen LogP contribution is 2.26. The Balaban J connectivity index is 1.81. The molecule has 5 heteroatoms. The van der Waals surface area contributed by atoms with Gasteiger partial charge in [0.2, 0.25) is 5.91 Å². The maximum absolute atomic E-state index is 12.3. The van der Waals surface area contributed by atoms with Crippen LogP contribution in [0.5, 0.6) is 0 Å². The van der Waals surface area contributed by atoms with Crippen molar-refractivity contribution in [3.8, 4) is 0 Å². The van der Waals surface area contributed by atoms with Crippen molar-refractivity contribution in [1.29, 1.82) is 0 Å². The molecule has 0 aromatic rings. The van der Waals surface area contributed by atoms with Crippen molar-refractivity contribution in [2.24, 2.45) is 5.92 Å². The summed E-state index contributed by atoms with van der Waals surface area (Å²) in [5.41, 5.74) is -0.709. The van der Waals surface area contributed by atoms with Crippen molar-refractivity contribution in [3.63, 3.8) is 0 Å². The van der Waals surface area contributed by atoms with Crippen LogP contribution in [0.4, 0.5) is 0 Å². The molecule has 1 amide bonds. The summed E-state index contributed by atoms with van der Waals surface area (Å²) in [7, 11) is 0. The number of carbonyl (C=O) groups is 1. The Labute approximate surface area is 121 Å². The molecule has 0 aromatic heterocycles. The Morgan fingerprint density at radius 1 is 1.25 bits per heavy atom. The molecule has 2 unspecified atom stereocenters. The number of carbonyl (C=O) groups excluding carboxylic acids is 1. The van der Waals surface area contributed by atoms with Crippen LogP contribution >= 0.6 is 0 Å². The molecule has 0 spiro atoms. The molecule has 3 N–H and O–H groups in total. The van der Waals surface area contributed by atoms with Crippen LogP contribution in [0.2, 0.25) is 0 Å². The highest BCUT2D eigenvalue weighted by molar-refractivity contribution is 5.80. The molecule has 0 radical (unpaired) electrons. The first-order valence-electron chi connectivity index (χ1n) is 7.96. The SMILES string of the molecule is CCNC1COCC1C(=O)NCC1(O)CCCCCC1. The van der Waals surface area contributed by atoms with Crippen LogP contribution < -0.4 is 10.6 Å². The van der Waals surface area contributed by atoms with E-state index in [1.54, 1.807) is 0 Å². The van der Waals surface area contributed by atoms with E-state index in [0.29, 0.717) is 19.8 Å². The van der Waals surface area contributed by atoms with Gasteiger partial charge in [-0.15, -0.1) is 0 Å². The third kappa shape index (κ3) is 4.17. The molecule has 1 heterocycles. The lowest BCUT2D eigenvalue weighted by Gasteiger charge is -2.28. The first-order valence-corrected chi connectivity index (χ1v) is 7.96. The largest absolute Gasteiger partial charge is 0.388 e. The molecule has 1 aliphatic heterocycles. The zero-order valence-electron chi connectivity index (χ0n) is 12.5. The molecule has 0 bridgehead atoms. The van der Waals surface area contributed by atoms with E-state index in [-0.39, 0.29) is 17.9 Å². The minimum absolute atomic E-state index is 0.00567. The molecular weight excluding hydrogens is 256 g/mol. The molecule has 1 aliphatic carbocycles. The number of rotatable bonds is 5. The summed E-state index contributed by atoms with van der Waals surface area (Å²) in [6.07, 6.45) is 6.08. The van der Waals surface area contributed by atoms with Crippen LogP contribution in [0.15, 0.2) is 0 Å². The van der Waals surface area contributed by atoms with Gasteiger partial charge in [-0.05, 0) is 19.4 Å². The Morgan fingerprint density at radius 3 is 2.60 bits per heavy atom. The van der Waals surface area contributed by atoms with Gasteiger partial charge in [-0.2, -0.15) is 0 Å². The predicted molar refractivity (Wildman–Crippen MR) is 77.4 cm³/mol. The van der Waals surface area contributed by atoms with Crippen molar-refractivity contribution in [1.82, 2.24) is 10.6 Å². The van der Waals surface area contributed by atoms with E-state index in [4.69, 9.17) is 4.74 Å². The summed E-state index contributed by atoms with van der Waals surface area (Å²) in [5.74, 6) is -0.129. The molecular formula is C15H28N2O3. The highest BCUT2D eigenvalue weighted by Gasteiger charge is 2.35. The van der Waals surface area contributed by atoms with Crippen molar-refractivity contribution in [2.45, 2.75) is 57.1 Å². The first-order chi connectivity index (χ1) is 9.64. The van der Waals surface area contributed by atoms with Gasteiger partial charge in [-0.1, -0.05) is 32.6 Å². The molecule has 5 nitrogen and oxygen atoms in total. The maximum atomic E-state index is 12.3. The van der Waals surface area contributed by atoms with E-state index in [1.807, 2.05) is 6.92 Å². The molecule has 1 saturated carbocycles. The third-order valence-electron chi connectivity index (χ3n) is 4.51. The second-order valence-electron chi connectivity index (χ2n) is 6.16. The van der Waals surface area contributed by atoms with Crippen LogP contribution in [0.1, 0.15) is 45.4 Å². The van der Waals surface area contributed by atoms with Crippen molar-refractivity contribution in [2.75, 3.05) is 26.3 Å². The highest BCUT2D eigenvalue weighted by atomic mass is 16.5. The van der Waals surface area contributed by atoms with Crippen molar-refractivity contribution < 1.29 is 14.6 Å². The summed E-state index contributed by atoms with van der Waals surface area (Å²) in [6.45, 7) is 4.31. The smallest absolute Gasteiger partial charge is 0.227 e.